The number of hydrogen-bond donors (Lipinski definition) is 1. The van der Waals surface area contributed by atoms with Crippen LogP contribution in [0.2, 0.25) is 0 Å². The van der Waals surface area contributed by atoms with Gasteiger partial charge in [0.2, 0.25) is 0 Å². The van der Waals surface area contributed by atoms with Crippen molar-refractivity contribution < 1.29 is 19.4 Å². The van der Waals surface area contributed by atoms with Gasteiger partial charge in [-0.05, 0) is 13.3 Å². The predicted octanol–water partition coefficient (Wildman–Crippen LogP) is 1.45. The van der Waals surface area contributed by atoms with Crippen molar-refractivity contribution in [1.29, 1.82) is 0 Å². The van der Waals surface area contributed by atoms with Gasteiger partial charge in [0.1, 0.15) is 0 Å². The third-order valence-electron chi connectivity index (χ3n) is 2.49. The standard InChI is InChI=1S/C13H16O4/c1-5-8-13(9-6-2,11(14)15)12(16)17-10(4)7-3/h1-2,10H,7-9H2,3-4H3,(H,14,15). The van der Waals surface area contributed by atoms with Gasteiger partial charge in [-0.25, -0.2) is 0 Å². The molecule has 0 bridgehead atoms. The van der Waals surface area contributed by atoms with Gasteiger partial charge >= 0.3 is 11.9 Å². The average Bonchev–Trinajstić information content (AvgIpc) is 2.27. The summed E-state index contributed by atoms with van der Waals surface area (Å²) >= 11 is 0. The van der Waals surface area contributed by atoms with Gasteiger partial charge < -0.3 is 9.84 Å². The molecular formula is C13H16O4. The van der Waals surface area contributed by atoms with Crippen molar-refractivity contribution in [2.24, 2.45) is 5.41 Å². The minimum Gasteiger partial charge on any atom is -0.480 e. The predicted molar refractivity (Wildman–Crippen MR) is 62.8 cm³/mol. The molecule has 0 aliphatic carbocycles. The molecule has 0 rings (SSSR count). The highest BCUT2D eigenvalue weighted by Crippen LogP contribution is 2.29. The van der Waals surface area contributed by atoms with E-state index in [1.807, 2.05) is 6.92 Å². The van der Waals surface area contributed by atoms with Crippen LogP contribution in [0.4, 0.5) is 0 Å². The number of carboxylic acids is 1. The first kappa shape index (κ1) is 15.1. The van der Waals surface area contributed by atoms with E-state index in [2.05, 4.69) is 11.8 Å². The lowest BCUT2D eigenvalue weighted by Gasteiger charge is -2.25. The lowest BCUT2D eigenvalue weighted by atomic mass is 9.81. The summed E-state index contributed by atoms with van der Waals surface area (Å²) in [7, 11) is 0. The molecule has 17 heavy (non-hydrogen) atoms. The minimum atomic E-state index is -1.83. The molecule has 0 aliphatic heterocycles. The van der Waals surface area contributed by atoms with E-state index in [0.717, 1.165) is 0 Å². The third-order valence-corrected chi connectivity index (χ3v) is 2.49. The fourth-order valence-corrected chi connectivity index (χ4v) is 1.17. The number of carbonyl (C=O) groups excluding carboxylic acids is 1. The van der Waals surface area contributed by atoms with Gasteiger partial charge in [-0.15, -0.1) is 24.7 Å². The number of terminal acetylenes is 2. The summed E-state index contributed by atoms with van der Waals surface area (Å²) in [6.07, 6.45) is 9.86. The Bertz CT molecular complexity index is 354. The van der Waals surface area contributed by atoms with Crippen LogP contribution in [0, 0.1) is 30.1 Å². The average molecular weight is 236 g/mol. The van der Waals surface area contributed by atoms with Crippen LogP contribution in [0.15, 0.2) is 0 Å². The monoisotopic (exact) mass is 236 g/mol. The second-order valence-electron chi connectivity index (χ2n) is 3.77. The molecule has 0 amide bonds. The molecule has 0 saturated heterocycles. The second kappa shape index (κ2) is 6.60. The first-order valence-corrected chi connectivity index (χ1v) is 5.26. The molecule has 1 N–H and O–H groups in total. The highest BCUT2D eigenvalue weighted by Gasteiger charge is 2.47. The van der Waals surface area contributed by atoms with Crippen molar-refractivity contribution in [1.82, 2.24) is 0 Å². The van der Waals surface area contributed by atoms with E-state index >= 15 is 0 Å². The van der Waals surface area contributed by atoms with Gasteiger partial charge in [-0.2, -0.15) is 0 Å². The van der Waals surface area contributed by atoms with Crippen molar-refractivity contribution in [3.05, 3.63) is 0 Å². The number of hydrogen-bond acceptors (Lipinski definition) is 3. The highest BCUT2D eigenvalue weighted by molar-refractivity contribution is 5.99. The molecule has 0 heterocycles. The number of rotatable bonds is 6. The summed E-state index contributed by atoms with van der Waals surface area (Å²) in [4.78, 5) is 23.1. The minimum absolute atomic E-state index is 0.276. The van der Waals surface area contributed by atoms with Crippen LogP contribution in [0.5, 0.6) is 0 Å². The van der Waals surface area contributed by atoms with Crippen molar-refractivity contribution >= 4 is 11.9 Å². The van der Waals surface area contributed by atoms with Crippen molar-refractivity contribution in [2.45, 2.75) is 39.2 Å². The molecule has 0 spiro atoms. The Morgan fingerprint density at radius 2 is 1.82 bits per heavy atom. The maximum Gasteiger partial charge on any atom is 0.325 e. The number of carbonyl (C=O) groups is 2. The van der Waals surface area contributed by atoms with E-state index in [0.29, 0.717) is 6.42 Å². The van der Waals surface area contributed by atoms with E-state index in [9.17, 15) is 9.59 Å². The van der Waals surface area contributed by atoms with Crippen molar-refractivity contribution in [2.75, 3.05) is 0 Å². The van der Waals surface area contributed by atoms with Crippen molar-refractivity contribution in [3.63, 3.8) is 0 Å². The topological polar surface area (TPSA) is 63.6 Å². The molecule has 1 unspecified atom stereocenters. The smallest absolute Gasteiger partial charge is 0.325 e. The summed E-state index contributed by atoms with van der Waals surface area (Å²) in [6.45, 7) is 3.50. The molecule has 0 fully saturated rings. The van der Waals surface area contributed by atoms with E-state index < -0.39 is 17.4 Å². The lowest BCUT2D eigenvalue weighted by molar-refractivity contribution is -0.171. The fourth-order valence-electron chi connectivity index (χ4n) is 1.17. The van der Waals surface area contributed by atoms with E-state index in [1.165, 1.54) is 0 Å². The molecular weight excluding hydrogens is 220 g/mol. The summed E-state index contributed by atoms with van der Waals surface area (Å²) in [6, 6.07) is 0. The van der Waals surface area contributed by atoms with Gasteiger partial charge in [-0.3, -0.25) is 9.59 Å². The van der Waals surface area contributed by atoms with E-state index in [1.54, 1.807) is 6.92 Å². The number of ether oxygens (including phenoxy) is 1. The molecule has 4 heteroatoms. The van der Waals surface area contributed by atoms with Gasteiger partial charge in [0.25, 0.3) is 0 Å². The molecule has 0 aliphatic rings. The molecule has 0 aromatic heterocycles. The molecule has 0 radical (unpaired) electrons. The zero-order valence-electron chi connectivity index (χ0n) is 10.0. The highest BCUT2D eigenvalue weighted by atomic mass is 16.5. The number of esters is 1. The zero-order valence-corrected chi connectivity index (χ0v) is 10.0. The Labute approximate surface area is 101 Å². The molecule has 0 aromatic rings. The number of aliphatic carboxylic acids is 1. The van der Waals surface area contributed by atoms with Crippen molar-refractivity contribution in [3.8, 4) is 24.7 Å². The Kier molecular flexibility index (Phi) is 5.85. The Balaban J connectivity index is 5.16. The zero-order chi connectivity index (χ0) is 13.5. The van der Waals surface area contributed by atoms with Crippen LogP contribution in [-0.2, 0) is 14.3 Å². The van der Waals surface area contributed by atoms with Crippen LogP contribution in [0.25, 0.3) is 0 Å². The molecule has 0 saturated carbocycles. The number of carboxylic acid groups (broad SMARTS) is 1. The fraction of sp³-hybridized carbons (Fsp3) is 0.538. The largest absolute Gasteiger partial charge is 0.480 e. The summed E-state index contributed by atoms with van der Waals surface area (Å²) in [5, 5.41) is 9.15. The summed E-state index contributed by atoms with van der Waals surface area (Å²) < 4.78 is 5.02. The van der Waals surface area contributed by atoms with Gasteiger partial charge in [0, 0.05) is 12.8 Å². The van der Waals surface area contributed by atoms with Crippen LogP contribution in [-0.4, -0.2) is 23.1 Å². The Hall–Kier alpha value is -1.94. The van der Waals surface area contributed by atoms with Crippen LogP contribution in [0.3, 0.4) is 0 Å². The maximum absolute atomic E-state index is 11.9. The quantitative estimate of drug-likeness (QED) is 0.430. The SMILES string of the molecule is C#CCC(CC#C)(C(=O)O)C(=O)OC(C)CC. The second-order valence-corrected chi connectivity index (χ2v) is 3.77. The van der Waals surface area contributed by atoms with E-state index in [-0.39, 0.29) is 18.9 Å². The molecule has 92 valence electrons. The normalized spacial score (nSPS) is 12.0. The molecule has 1 atom stereocenters. The van der Waals surface area contributed by atoms with Crippen LogP contribution < -0.4 is 0 Å². The van der Waals surface area contributed by atoms with Gasteiger partial charge in [0.15, 0.2) is 5.41 Å². The molecule has 4 nitrogen and oxygen atoms in total. The summed E-state index contributed by atoms with van der Waals surface area (Å²) in [5.74, 6) is 2.13. The Morgan fingerprint density at radius 1 is 1.35 bits per heavy atom. The Morgan fingerprint density at radius 3 is 2.12 bits per heavy atom. The maximum atomic E-state index is 11.9. The van der Waals surface area contributed by atoms with Crippen LogP contribution >= 0.6 is 0 Å². The molecule has 0 aromatic carbocycles. The van der Waals surface area contributed by atoms with E-state index in [4.69, 9.17) is 22.7 Å². The first-order valence-electron chi connectivity index (χ1n) is 5.26. The van der Waals surface area contributed by atoms with Gasteiger partial charge in [-0.1, -0.05) is 6.92 Å². The lowest BCUT2D eigenvalue weighted by Crippen LogP contribution is -2.41. The first-order chi connectivity index (χ1) is 7.94. The van der Waals surface area contributed by atoms with Gasteiger partial charge in [0.05, 0.1) is 6.10 Å². The van der Waals surface area contributed by atoms with Crippen LogP contribution in [0.1, 0.15) is 33.1 Å². The third kappa shape index (κ3) is 3.53. The summed E-state index contributed by atoms with van der Waals surface area (Å²) in [5.41, 5.74) is -1.83.